The standard InChI is InChI=1S/C63H45F6N3/c1-35-24-37(3)59(38(4)25-35)42-19-22-55-50(31-42)48-13-7-9-15-53(48)71(55)57-21-18-41(45-28-46(62(64,65)66)33-47(29-45)63(67,68)69)30-52(57)61-44(34-70)12-11-17-58(61)72-54-16-10-8-14-49(54)51-32-43(20-23-56(51)72)60-39(5)26-36(2)27-40(60)6/h7-33H,1-6H3. The summed E-state index contributed by atoms with van der Waals surface area (Å²) in [4.78, 5) is 0. The quantitative estimate of drug-likeness (QED) is 0.153. The van der Waals surface area contributed by atoms with Crippen molar-refractivity contribution in [3.63, 3.8) is 0 Å². The largest absolute Gasteiger partial charge is 0.416 e. The van der Waals surface area contributed by atoms with Crippen LogP contribution < -0.4 is 0 Å². The summed E-state index contributed by atoms with van der Waals surface area (Å²) >= 11 is 0. The number of nitriles is 1. The van der Waals surface area contributed by atoms with Crippen molar-refractivity contribution in [3.8, 4) is 62.0 Å². The molecule has 11 rings (SSSR count). The predicted molar refractivity (Wildman–Crippen MR) is 280 cm³/mol. The minimum atomic E-state index is -5.07. The van der Waals surface area contributed by atoms with E-state index < -0.39 is 23.5 Å². The van der Waals surface area contributed by atoms with E-state index in [9.17, 15) is 31.6 Å². The molecular formula is C63H45F6N3. The smallest absolute Gasteiger partial charge is 0.309 e. The molecule has 9 aromatic carbocycles. The van der Waals surface area contributed by atoms with E-state index in [0.717, 1.165) is 106 Å². The van der Waals surface area contributed by atoms with E-state index in [1.54, 1.807) is 30.3 Å². The van der Waals surface area contributed by atoms with Crippen molar-refractivity contribution in [1.82, 2.24) is 9.13 Å². The SMILES string of the molecule is Cc1cc(C)c(-c2ccc3c(c2)c2ccccc2n3-c2ccc(-c3cc(C(F)(F)F)cc(C(F)(F)F)c3)cc2-c2c(C#N)cccc2-n2c3ccccc3c3cc(-c4c(C)cc(C)cc4C)ccc32)c(C)c1. The van der Waals surface area contributed by atoms with Crippen LogP contribution in [0.2, 0.25) is 0 Å². The van der Waals surface area contributed by atoms with Crippen LogP contribution in [-0.4, -0.2) is 9.13 Å². The van der Waals surface area contributed by atoms with Crippen LogP contribution in [0, 0.1) is 52.9 Å². The maximum absolute atomic E-state index is 14.5. The third-order valence-electron chi connectivity index (χ3n) is 14.1. The lowest BCUT2D eigenvalue weighted by Crippen LogP contribution is -2.11. The van der Waals surface area contributed by atoms with Gasteiger partial charge in [0.1, 0.15) is 0 Å². The predicted octanol–water partition coefficient (Wildman–Crippen LogP) is 18.3. The van der Waals surface area contributed by atoms with Gasteiger partial charge in [-0.3, -0.25) is 0 Å². The first-order valence-corrected chi connectivity index (χ1v) is 23.6. The van der Waals surface area contributed by atoms with Gasteiger partial charge in [-0.05, 0) is 176 Å². The summed E-state index contributed by atoms with van der Waals surface area (Å²) in [7, 11) is 0. The number of halogens is 6. The maximum atomic E-state index is 14.5. The topological polar surface area (TPSA) is 33.6 Å². The molecule has 0 aliphatic heterocycles. The van der Waals surface area contributed by atoms with E-state index in [2.05, 4.69) is 123 Å². The van der Waals surface area contributed by atoms with Crippen LogP contribution in [0.3, 0.4) is 0 Å². The molecule has 0 spiro atoms. The Balaban J connectivity index is 1.24. The minimum absolute atomic E-state index is 0.105. The Morgan fingerprint density at radius 1 is 0.375 bits per heavy atom. The van der Waals surface area contributed by atoms with Crippen molar-refractivity contribution in [2.24, 2.45) is 0 Å². The Hall–Kier alpha value is -8.35. The molecule has 0 aliphatic carbocycles. The van der Waals surface area contributed by atoms with E-state index in [-0.39, 0.29) is 22.8 Å². The summed E-state index contributed by atoms with van der Waals surface area (Å²) in [6.07, 6.45) is -10.1. The van der Waals surface area contributed by atoms with Crippen molar-refractivity contribution in [1.29, 1.82) is 5.26 Å². The first kappa shape index (κ1) is 46.1. The van der Waals surface area contributed by atoms with Gasteiger partial charge in [0.15, 0.2) is 0 Å². The highest BCUT2D eigenvalue weighted by atomic mass is 19.4. The summed E-state index contributed by atoms with van der Waals surface area (Å²) in [6.45, 7) is 12.6. The van der Waals surface area contributed by atoms with E-state index in [4.69, 9.17) is 0 Å². The Labute approximate surface area is 412 Å². The van der Waals surface area contributed by atoms with Gasteiger partial charge in [0, 0.05) is 32.7 Å². The van der Waals surface area contributed by atoms with Crippen LogP contribution in [0.5, 0.6) is 0 Å². The number of nitrogens with zero attached hydrogens (tertiary/aromatic N) is 3. The zero-order valence-corrected chi connectivity index (χ0v) is 40.2. The average Bonchev–Trinajstić information content (AvgIpc) is 3.84. The lowest BCUT2D eigenvalue weighted by molar-refractivity contribution is -0.143. The fraction of sp³-hybridized carbons (Fsp3) is 0.127. The molecule has 9 heteroatoms. The van der Waals surface area contributed by atoms with E-state index >= 15 is 0 Å². The molecule has 2 aromatic heterocycles. The number of hydrogen-bond acceptors (Lipinski definition) is 1. The normalized spacial score (nSPS) is 12.2. The number of hydrogen-bond donors (Lipinski definition) is 0. The summed E-state index contributed by atoms with van der Waals surface area (Å²) < 4.78 is 91.0. The number of fused-ring (bicyclic) bond motifs is 6. The van der Waals surface area contributed by atoms with Gasteiger partial charge in [-0.2, -0.15) is 31.6 Å². The van der Waals surface area contributed by atoms with Gasteiger partial charge in [-0.25, -0.2) is 0 Å². The molecule has 0 unspecified atom stereocenters. The molecule has 354 valence electrons. The van der Waals surface area contributed by atoms with Crippen LogP contribution in [-0.2, 0) is 12.4 Å². The highest BCUT2D eigenvalue weighted by molar-refractivity contribution is 6.13. The molecule has 0 N–H and O–H groups in total. The Morgan fingerprint density at radius 3 is 1.29 bits per heavy atom. The molecular weight excluding hydrogens is 913 g/mol. The van der Waals surface area contributed by atoms with Gasteiger partial charge in [0.25, 0.3) is 0 Å². The molecule has 0 aliphatic rings. The van der Waals surface area contributed by atoms with Crippen molar-refractivity contribution in [3.05, 3.63) is 214 Å². The molecule has 0 bridgehead atoms. The second-order valence-electron chi connectivity index (χ2n) is 19.1. The Kier molecular flexibility index (Phi) is 10.8. The van der Waals surface area contributed by atoms with Crippen molar-refractivity contribution >= 4 is 43.6 Å². The third kappa shape index (κ3) is 7.61. The number of aromatic nitrogens is 2. The molecule has 0 amide bonds. The van der Waals surface area contributed by atoms with Crippen molar-refractivity contribution in [2.75, 3.05) is 0 Å². The first-order valence-electron chi connectivity index (χ1n) is 23.6. The molecule has 3 nitrogen and oxygen atoms in total. The van der Waals surface area contributed by atoms with Gasteiger partial charge in [0.05, 0.1) is 56.2 Å². The zero-order chi connectivity index (χ0) is 50.5. The molecule has 2 heterocycles. The van der Waals surface area contributed by atoms with Crippen molar-refractivity contribution < 1.29 is 26.3 Å². The maximum Gasteiger partial charge on any atom is 0.416 e. The fourth-order valence-corrected chi connectivity index (χ4v) is 11.4. The monoisotopic (exact) mass is 957 g/mol. The molecule has 72 heavy (non-hydrogen) atoms. The molecule has 0 fully saturated rings. The first-order chi connectivity index (χ1) is 34.4. The Bertz CT molecular complexity index is 4020. The van der Waals surface area contributed by atoms with E-state index in [1.165, 1.54) is 5.56 Å². The van der Waals surface area contributed by atoms with Crippen LogP contribution in [0.15, 0.2) is 164 Å². The second-order valence-corrected chi connectivity index (χ2v) is 19.1. The Morgan fingerprint density at radius 2 is 0.819 bits per heavy atom. The molecule has 11 aromatic rings. The van der Waals surface area contributed by atoms with Gasteiger partial charge >= 0.3 is 12.4 Å². The van der Waals surface area contributed by atoms with Crippen LogP contribution in [0.25, 0.3) is 99.5 Å². The summed E-state index contributed by atoms with van der Waals surface area (Å²) in [6, 6.07) is 51.7. The zero-order valence-electron chi connectivity index (χ0n) is 40.2. The lowest BCUT2D eigenvalue weighted by atomic mass is 9.91. The average molecular weight is 958 g/mol. The summed E-state index contributed by atoms with van der Waals surface area (Å²) in [5.41, 5.74) is 13.9. The number of benzene rings is 9. The second kappa shape index (κ2) is 16.9. The van der Waals surface area contributed by atoms with Crippen LogP contribution >= 0.6 is 0 Å². The third-order valence-corrected chi connectivity index (χ3v) is 14.1. The van der Waals surface area contributed by atoms with Crippen molar-refractivity contribution in [2.45, 2.75) is 53.9 Å². The number of alkyl halides is 6. The summed E-state index contributed by atoms with van der Waals surface area (Å²) in [5.74, 6) is 0. The minimum Gasteiger partial charge on any atom is -0.309 e. The lowest BCUT2D eigenvalue weighted by Gasteiger charge is -2.21. The molecule has 0 saturated heterocycles. The highest BCUT2D eigenvalue weighted by Crippen LogP contribution is 2.46. The molecule has 0 radical (unpaired) electrons. The number of aryl methyl sites for hydroxylation is 6. The van der Waals surface area contributed by atoms with Gasteiger partial charge in [0.2, 0.25) is 0 Å². The highest BCUT2D eigenvalue weighted by Gasteiger charge is 2.37. The number of para-hydroxylation sites is 2. The fourth-order valence-electron chi connectivity index (χ4n) is 11.4. The van der Waals surface area contributed by atoms with E-state index in [0.29, 0.717) is 22.5 Å². The summed E-state index contributed by atoms with van der Waals surface area (Å²) in [5, 5.41) is 14.9. The van der Waals surface area contributed by atoms with Crippen LogP contribution in [0.1, 0.15) is 50.1 Å². The van der Waals surface area contributed by atoms with Gasteiger partial charge in [-0.1, -0.05) is 96.1 Å². The molecule has 0 saturated carbocycles. The van der Waals surface area contributed by atoms with Crippen LogP contribution in [0.4, 0.5) is 26.3 Å². The van der Waals surface area contributed by atoms with E-state index in [1.807, 2.05) is 48.5 Å². The molecule has 0 atom stereocenters. The van der Waals surface area contributed by atoms with Gasteiger partial charge in [-0.15, -0.1) is 0 Å². The van der Waals surface area contributed by atoms with Gasteiger partial charge < -0.3 is 9.13 Å². The number of rotatable bonds is 6.